The number of amides is 2. The third kappa shape index (κ3) is 3.00. The van der Waals surface area contributed by atoms with Crippen molar-refractivity contribution in [2.45, 2.75) is 32.2 Å². The van der Waals surface area contributed by atoms with Crippen LogP contribution in [0.1, 0.15) is 31.4 Å². The van der Waals surface area contributed by atoms with Crippen LogP contribution in [0.4, 0.5) is 0 Å². The van der Waals surface area contributed by atoms with Crippen LogP contribution in [-0.4, -0.2) is 40.0 Å². The van der Waals surface area contributed by atoms with Gasteiger partial charge in [-0.05, 0) is 31.7 Å². The molecule has 2 aliphatic rings. The smallest absolute Gasteiger partial charge is 0.225 e. The second-order valence-corrected chi connectivity index (χ2v) is 5.67. The first-order chi connectivity index (χ1) is 9.74. The van der Waals surface area contributed by atoms with Crippen molar-refractivity contribution in [3.05, 3.63) is 18.0 Å². The summed E-state index contributed by atoms with van der Waals surface area (Å²) < 4.78 is 0. The lowest BCUT2D eigenvalue weighted by Crippen LogP contribution is -2.43. The predicted octanol–water partition coefficient (Wildman–Crippen LogP) is 0.674. The monoisotopic (exact) mass is 276 g/mol. The van der Waals surface area contributed by atoms with Gasteiger partial charge in [-0.2, -0.15) is 5.10 Å². The number of carbonyl (C=O) groups excluding carboxylic acids is 2. The van der Waals surface area contributed by atoms with Crippen LogP contribution in [0, 0.1) is 11.8 Å². The van der Waals surface area contributed by atoms with Crippen LogP contribution in [0.2, 0.25) is 0 Å². The number of nitrogens with one attached hydrogen (secondary N) is 2. The Labute approximate surface area is 117 Å². The van der Waals surface area contributed by atoms with Crippen molar-refractivity contribution in [3.8, 4) is 0 Å². The normalized spacial score (nSPS) is 19.9. The molecule has 20 heavy (non-hydrogen) atoms. The molecular formula is C14H20N4O2. The minimum Gasteiger partial charge on any atom is -0.350 e. The van der Waals surface area contributed by atoms with E-state index in [4.69, 9.17) is 0 Å². The van der Waals surface area contributed by atoms with Gasteiger partial charge in [-0.3, -0.25) is 14.7 Å². The van der Waals surface area contributed by atoms with E-state index in [-0.39, 0.29) is 17.7 Å². The molecule has 6 heteroatoms. The maximum Gasteiger partial charge on any atom is 0.225 e. The Hall–Kier alpha value is -1.85. The summed E-state index contributed by atoms with van der Waals surface area (Å²) in [5.41, 5.74) is 0.902. The van der Waals surface area contributed by atoms with Crippen LogP contribution in [0.25, 0.3) is 0 Å². The number of rotatable bonds is 4. The molecule has 2 N–H and O–H groups in total. The second kappa shape index (κ2) is 5.64. The summed E-state index contributed by atoms with van der Waals surface area (Å²) in [6.07, 6.45) is 5.30. The van der Waals surface area contributed by atoms with Gasteiger partial charge >= 0.3 is 0 Å². The first-order valence-corrected chi connectivity index (χ1v) is 7.29. The minimum absolute atomic E-state index is 0.0289. The van der Waals surface area contributed by atoms with Gasteiger partial charge in [0.1, 0.15) is 0 Å². The van der Waals surface area contributed by atoms with Gasteiger partial charge in [0, 0.05) is 31.1 Å². The van der Waals surface area contributed by atoms with E-state index in [1.807, 2.05) is 11.0 Å². The first-order valence-electron chi connectivity index (χ1n) is 7.29. The van der Waals surface area contributed by atoms with Crippen molar-refractivity contribution >= 4 is 11.8 Å². The molecule has 1 saturated heterocycles. The highest BCUT2D eigenvalue weighted by Crippen LogP contribution is 2.32. The quantitative estimate of drug-likeness (QED) is 0.848. The molecule has 2 amide bonds. The zero-order valence-corrected chi connectivity index (χ0v) is 11.5. The Bertz CT molecular complexity index is 473. The van der Waals surface area contributed by atoms with Crippen molar-refractivity contribution in [1.29, 1.82) is 0 Å². The van der Waals surface area contributed by atoms with Crippen molar-refractivity contribution in [2.24, 2.45) is 11.8 Å². The summed E-state index contributed by atoms with van der Waals surface area (Å²) in [6, 6.07) is 1.84. The number of H-pyrrole nitrogens is 1. The van der Waals surface area contributed by atoms with E-state index < -0.39 is 0 Å². The lowest BCUT2D eigenvalue weighted by Gasteiger charge is -2.31. The molecule has 108 valence electrons. The van der Waals surface area contributed by atoms with E-state index in [1.54, 1.807) is 6.20 Å². The lowest BCUT2D eigenvalue weighted by atomic mass is 9.95. The maximum atomic E-state index is 12.1. The number of nitrogens with zero attached hydrogens (tertiary/aromatic N) is 2. The van der Waals surface area contributed by atoms with Crippen LogP contribution in [0.5, 0.6) is 0 Å². The Balaban J connectivity index is 1.42. The van der Waals surface area contributed by atoms with Crippen LogP contribution in [0.3, 0.4) is 0 Å². The lowest BCUT2D eigenvalue weighted by molar-refractivity contribution is -0.136. The van der Waals surface area contributed by atoms with Gasteiger partial charge in [-0.1, -0.05) is 0 Å². The van der Waals surface area contributed by atoms with E-state index in [9.17, 15) is 9.59 Å². The zero-order chi connectivity index (χ0) is 13.9. The van der Waals surface area contributed by atoms with Gasteiger partial charge in [-0.15, -0.1) is 0 Å². The number of hydrogen-bond donors (Lipinski definition) is 2. The summed E-state index contributed by atoms with van der Waals surface area (Å²) >= 11 is 0. The fourth-order valence-electron chi connectivity index (χ4n) is 2.66. The number of aromatic nitrogens is 2. The number of carbonyl (C=O) groups is 2. The molecule has 6 nitrogen and oxygen atoms in total. The Morgan fingerprint density at radius 2 is 2.00 bits per heavy atom. The largest absolute Gasteiger partial charge is 0.350 e. The van der Waals surface area contributed by atoms with Gasteiger partial charge in [0.2, 0.25) is 11.8 Å². The summed E-state index contributed by atoms with van der Waals surface area (Å²) in [4.78, 5) is 25.9. The number of piperidine rings is 1. The molecule has 0 aromatic carbocycles. The third-order valence-corrected chi connectivity index (χ3v) is 4.12. The molecule has 3 rings (SSSR count). The Kier molecular flexibility index (Phi) is 3.71. The van der Waals surface area contributed by atoms with Crippen LogP contribution in [0.15, 0.2) is 12.3 Å². The molecule has 0 spiro atoms. The molecule has 2 fully saturated rings. The summed E-state index contributed by atoms with van der Waals surface area (Å²) in [5.74, 6) is 0.682. The first kappa shape index (κ1) is 13.1. The molecule has 1 saturated carbocycles. The molecule has 1 aromatic rings. The fraction of sp³-hybridized carbons (Fsp3) is 0.643. The summed E-state index contributed by atoms with van der Waals surface area (Å²) in [5, 5.41) is 9.58. The van der Waals surface area contributed by atoms with E-state index in [2.05, 4.69) is 15.5 Å². The molecule has 0 unspecified atom stereocenters. The average Bonchev–Trinajstić information content (AvgIpc) is 3.21. The van der Waals surface area contributed by atoms with Crippen molar-refractivity contribution in [1.82, 2.24) is 20.4 Å². The molecule has 0 atom stereocenters. The topological polar surface area (TPSA) is 78.1 Å². The van der Waals surface area contributed by atoms with E-state index in [1.165, 1.54) is 0 Å². The van der Waals surface area contributed by atoms with Crippen molar-refractivity contribution in [3.63, 3.8) is 0 Å². The highest BCUT2D eigenvalue weighted by atomic mass is 16.2. The van der Waals surface area contributed by atoms with E-state index in [0.29, 0.717) is 12.5 Å². The predicted molar refractivity (Wildman–Crippen MR) is 72.5 cm³/mol. The van der Waals surface area contributed by atoms with Crippen LogP contribution in [-0.2, 0) is 16.1 Å². The van der Waals surface area contributed by atoms with Gasteiger partial charge in [0.05, 0.1) is 12.2 Å². The van der Waals surface area contributed by atoms with Crippen molar-refractivity contribution in [2.75, 3.05) is 13.1 Å². The molecule has 0 radical (unpaired) electrons. The highest BCUT2D eigenvalue weighted by molar-refractivity contribution is 5.82. The Morgan fingerprint density at radius 3 is 2.60 bits per heavy atom. The summed E-state index contributed by atoms with van der Waals surface area (Å²) in [7, 11) is 0. The molecule has 1 aliphatic carbocycles. The molecule has 0 bridgehead atoms. The van der Waals surface area contributed by atoms with Gasteiger partial charge in [0.15, 0.2) is 0 Å². The fourth-order valence-corrected chi connectivity index (χ4v) is 2.66. The van der Waals surface area contributed by atoms with E-state index in [0.717, 1.165) is 44.5 Å². The second-order valence-electron chi connectivity index (χ2n) is 5.67. The zero-order valence-electron chi connectivity index (χ0n) is 11.5. The third-order valence-electron chi connectivity index (χ3n) is 4.12. The minimum atomic E-state index is 0.0289. The SMILES string of the molecule is O=C(NCc1ccn[nH]1)C1CCN(C(=O)C2CC2)CC1. The maximum absolute atomic E-state index is 12.1. The van der Waals surface area contributed by atoms with Gasteiger partial charge < -0.3 is 10.2 Å². The molecular weight excluding hydrogens is 256 g/mol. The standard InChI is InChI=1S/C14H20N4O2/c19-13(15-9-12-3-6-16-17-12)10-4-7-18(8-5-10)14(20)11-1-2-11/h3,6,10-11H,1-2,4-5,7-9H2,(H,15,19)(H,16,17). The summed E-state index contributed by atoms with van der Waals surface area (Å²) in [6.45, 7) is 1.93. The molecule has 1 aromatic heterocycles. The molecule has 2 heterocycles. The number of aromatic amines is 1. The van der Waals surface area contributed by atoms with Crippen LogP contribution < -0.4 is 5.32 Å². The Morgan fingerprint density at radius 1 is 1.25 bits per heavy atom. The van der Waals surface area contributed by atoms with Gasteiger partial charge in [0.25, 0.3) is 0 Å². The van der Waals surface area contributed by atoms with E-state index >= 15 is 0 Å². The molecule has 1 aliphatic heterocycles. The van der Waals surface area contributed by atoms with Gasteiger partial charge in [-0.25, -0.2) is 0 Å². The average molecular weight is 276 g/mol. The highest BCUT2D eigenvalue weighted by Gasteiger charge is 2.35. The van der Waals surface area contributed by atoms with Crippen molar-refractivity contribution < 1.29 is 9.59 Å². The number of hydrogen-bond acceptors (Lipinski definition) is 3. The van der Waals surface area contributed by atoms with Crippen LogP contribution >= 0.6 is 0 Å². The number of likely N-dealkylation sites (tertiary alicyclic amines) is 1.